The number of nitrogens with one attached hydrogen (secondary N) is 1. The Hall–Kier alpha value is -0.650. The highest BCUT2D eigenvalue weighted by molar-refractivity contribution is 5.76. The van der Waals surface area contributed by atoms with Crippen LogP contribution in [-0.2, 0) is 14.3 Å². The molecular weight excluding hydrogens is 210 g/mol. The first kappa shape index (κ1) is 13.4. The molecule has 0 aromatic rings. The highest BCUT2D eigenvalue weighted by Gasteiger charge is 2.32. The van der Waals surface area contributed by atoms with Crippen molar-refractivity contribution in [3.05, 3.63) is 0 Å². The van der Waals surface area contributed by atoms with Crippen molar-refractivity contribution in [2.24, 2.45) is 5.92 Å². The average molecular weight is 231 g/mol. The summed E-state index contributed by atoms with van der Waals surface area (Å²) < 4.78 is 10.0. The molecule has 2 unspecified atom stereocenters. The van der Waals surface area contributed by atoms with E-state index in [2.05, 4.69) is 5.32 Å². The zero-order chi connectivity index (χ0) is 12.0. The fourth-order valence-electron chi connectivity index (χ4n) is 1.73. The van der Waals surface area contributed by atoms with Crippen molar-refractivity contribution in [1.29, 1.82) is 0 Å². The number of aliphatic hydroxyl groups is 1. The van der Waals surface area contributed by atoms with Crippen molar-refractivity contribution < 1.29 is 19.4 Å². The number of hydrogen-bond donors (Lipinski definition) is 2. The van der Waals surface area contributed by atoms with E-state index in [4.69, 9.17) is 9.47 Å². The number of hydrogen-bond acceptors (Lipinski definition) is 4. The van der Waals surface area contributed by atoms with Crippen molar-refractivity contribution >= 4 is 5.91 Å². The minimum absolute atomic E-state index is 0.0510. The van der Waals surface area contributed by atoms with E-state index >= 15 is 0 Å². The van der Waals surface area contributed by atoms with Crippen molar-refractivity contribution in [1.82, 2.24) is 5.32 Å². The van der Waals surface area contributed by atoms with Gasteiger partial charge in [0.15, 0.2) is 0 Å². The van der Waals surface area contributed by atoms with E-state index in [0.29, 0.717) is 32.7 Å². The molecule has 0 spiro atoms. The average Bonchev–Trinajstić information content (AvgIpc) is 2.63. The van der Waals surface area contributed by atoms with Gasteiger partial charge in [0.05, 0.1) is 6.61 Å². The largest absolute Gasteiger partial charge is 0.386 e. The van der Waals surface area contributed by atoms with Gasteiger partial charge in [0, 0.05) is 39.7 Å². The first-order valence-corrected chi connectivity index (χ1v) is 5.61. The number of carbonyl (C=O) groups is 1. The molecule has 1 aliphatic rings. The van der Waals surface area contributed by atoms with Gasteiger partial charge in [0.25, 0.3) is 0 Å². The fourth-order valence-corrected chi connectivity index (χ4v) is 1.73. The summed E-state index contributed by atoms with van der Waals surface area (Å²) >= 11 is 0. The molecule has 0 aliphatic carbocycles. The molecule has 1 fully saturated rings. The minimum atomic E-state index is -0.875. The molecule has 2 N–H and O–H groups in total. The number of carbonyl (C=O) groups excluding carboxylic acids is 1. The molecule has 94 valence electrons. The Balaban J connectivity index is 2.19. The van der Waals surface area contributed by atoms with Gasteiger partial charge in [-0.25, -0.2) is 0 Å². The number of amides is 1. The standard InChI is InChI=1S/C11H21NO4/c1-9(6-15-2)5-10(13)12-7-11(14)3-4-16-8-11/h9,14H,3-8H2,1-2H3,(H,12,13). The van der Waals surface area contributed by atoms with E-state index in [1.165, 1.54) is 0 Å². The highest BCUT2D eigenvalue weighted by atomic mass is 16.5. The van der Waals surface area contributed by atoms with Crippen LogP contribution in [0.3, 0.4) is 0 Å². The summed E-state index contributed by atoms with van der Waals surface area (Å²) in [6.07, 6.45) is 1.01. The SMILES string of the molecule is COCC(C)CC(=O)NCC1(O)CCOC1. The summed E-state index contributed by atoms with van der Waals surface area (Å²) in [7, 11) is 1.62. The highest BCUT2D eigenvalue weighted by Crippen LogP contribution is 2.17. The summed E-state index contributed by atoms with van der Waals surface area (Å²) in [5, 5.41) is 12.6. The van der Waals surface area contributed by atoms with Crippen LogP contribution >= 0.6 is 0 Å². The lowest BCUT2D eigenvalue weighted by atomic mass is 10.0. The molecular formula is C11H21NO4. The molecule has 0 bridgehead atoms. The molecule has 5 heteroatoms. The predicted molar refractivity (Wildman–Crippen MR) is 59.1 cm³/mol. The van der Waals surface area contributed by atoms with Crippen LogP contribution in [0.25, 0.3) is 0 Å². The van der Waals surface area contributed by atoms with E-state index in [9.17, 15) is 9.90 Å². The lowest BCUT2D eigenvalue weighted by Gasteiger charge is -2.21. The molecule has 5 nitrogen and oxygen atoms in total. The van der Waals surface area contributed by atoms with Crippen LogP contribution < -0.4 is 5.32 Å². The van der Waals surface area contributed by atoms with Gasteiger partial charge in [-0.1, -0.05) is 6.92 Å². The van der Waals surface area contributed by atoms with Gasteiger partial charge < -0.3 is 19.9 Å². The Labute approximate surface area is 96.1 Å². The molecule has 0 saturated carbocycles. The quantitative estimate of drug-likeness (QED) is 0.671. The number of rotatable bonds is 6. The number of ether oxygens (including phenoxy) is 2. The third-order valence-corrected chi connectivity index (χ3v) is 2.68. The van der Waals surface area contributed by atoms with E-state index in [-0.39, 0.29) is 18.4 Å². The van der Waals surface area contributed by atoms with Gasteiger partial charge in [-0.15, -0.1) is 0 Å². The van der Waals surface area contributed by atoms with Gasteiger partial charge in [-0.05, 0) is 5.92 Å². The normalized spacial score (nSPS) is 26.7. The molecule has 1 rings (SSSR count). The van der Waals surface area contributed by atoms with Gasteiger partial charge in [0.2, 0.25) is 5.91 Å². The zero-order valence-electron chi connectivity index (χ0n) is 9.99. The summed E-state index contributed by atoms with van der Waals surface area (Å²) in [6, 6.07) is 0. The lowest BCUT2D eigenvalue weighted by molar-refractivity contribution is -0.123. The Morgan fingerprint density at radius 3 is 3.00 bits per heavy atom. The lowest BCUT2D eigenvalue weighted by Crippen LogP contribution is -2.43. The van der Waals surface area contributed by atoms with Crippen molar-refractivity contribution in [2.45, 2.75) is 25.4 Å². The zero-order valence-corrected chi connectivity index (χ0v) is 9.99. The monoisotopic (exact) mass is 231 g/mol. The minimum Gasteiger partial charge on any atom is -0.386 e. The van der Waals surface area contributed by atoms with Crippen molar-refractivity contribution in [2.75, 3.05) is 33.5 Å². The maximum atomic E-state index is 11.5. The molecule has 1 aliphatic heterocycles. The van der Waals surface area contributed by atoms with E-state index in [1.807, 2.05) is 6.92 Å². The number of methoxy groups -OCH3 is 1. The van der Waals surface area contributed by atoms with Crippen LogP contribution in [0, 0.1) is 5.92 Å². The smallest absolute Gasteiger partial charge is 0.220 e. The second-order valence-electron chi connectivity index (χ2n) is 4.57. The van der Waals surface area contributed by atoms with Crippen LogP contribution in [0.5, 0.6) is 0 Å². The Morgan fingerprint density at radius 2 is 2.44 bits per heavy atom. The third-order valence-electron chi connectivity index (χ3n) is 2.68. The topological polar surface area (TPSA) is 67.8 Å². The summed E-state index contributed by atoms with van der Waals surface area (Å²) in [4.78, 5) is 11.5. The van der Waals surface area contributed by atoms with Gasteiger partial charge in [0.1, 0.15) is 5.60 Å². The summed E-state index contributed by atoms with van der Waals surface area (Å²) in [5.74, 6) is 0.143. The molecule has 1 saturated heterocycles. The van der Waals surface area contributed by atoms with Crippen molar-refractivity contribution in [3.8, 4) is 0 Å². The fraction of sp³-hybridized carbons (Fsp3) is 0.909. The summed E-state index contributed by atoms with van der Waals surface area (Å²) in [5.41, 5.74) is -0.875. The maximum Gasteiger partial charge on any atom is 0.220 e. The second kappa shape index (κ2) is 6.18. The molecule has 2 atom stereocenters. The van der Waals surface area contributed by atoms with Gasteiger partial charge in [-0.2, -0.15) is 0 Å². The van der Waals surface area contributed by atoms with Crippen LogP contribution in [0.1, 0.15) is 19.8 Å². The molecule has 0 aromatic carbocycles. The van der Waals surface area contributed by atoms with E-state index in [0.717, 1.165) is 0 Å². The first-order chi connectivity index (χ1) is 7.56. The van der Waals surface area contributed by atoms with Gasteiger partial charge in [-0.3, -0.25) is 4.79 Å². The predicted octanol–water partition coefficient (Wildman–Crippen LogP) is -0.0734. The maximum absolute atomic E-state index is 11.5. The molecule has 1 heterocycles. The Bertz CT molecular complexity index is 226. The molecule has 1 amide bonds. The van der Waals surface area contributed by atoms with Gasteiger partial charge >= 0.3 is 0 Å². The second-order valence-corrected chi connectivity index (χ2v) is 4.57. The third kappa shape index (κ3) is 4.47. The van der Waals surface area contributed by atoms with Crippen LogP contribution in [0.4, 0.5) is 0 Å². The molecule has 0 aromatic heterocycles. The molecule has 16 heavy (non-hydrogen) atoms. The van der Waals surface area contributed by atoms with Crippen LogP contribution in [0.2, 0.25) is 0 Å². The van der Waals surface area contributed by atoms with Crippen LogP contribution in [0.15, 0.2) is 0 Å². The Kier molecular flexibility index (Phi) is 5.18. The van der Waals surface area contributed by atoms with E-state index < -0.39 is 5.60 Å². The van der Waals surface area contributed by atoms with Crippen molar-refractivity contribution in [3.63, 3.8) is 0 Å². The Morgan fingerprint density at radius 1 is 1.69 bits per heavy atom. The first-order valence-electron chi connectivity index (χ1n) is 5.61. The molecule has 0 radical (unpaired) electrons. The van der Waals surface area contributed by atoms with E-state index in [1.54, 1.807) is 7.11 Å². The summed E-state index contributed by atoms with van der Waals surface area (Å²) in [6.45, 7) is 3.66. The van der Waals surface area contributed by atoms with Crippen LogP contribution in [-0.4, -0.2) is 50.1 Å².